The van der Waals surface area contributed by atoms with Crippen molar-refractivity contribution in [3.63, 3.8) is 0 Å². The maximum Gasteiger partial charge on any atom is 0.240 e. The number of rotatable bonds is 4. The number of hydrogen-bond donors (Lipinski definition) is 2. The van der Waals surface area contributed by atoms with Crippen LogP contribution in [-0.4, -0.2) is 54.3 Å². The number of aromatic nitrogens is 1. The Hall–Kier alpha value is -2.22. The minimum Gasteiger partial charge on any atom is -0.479 e. The largest absolute Gasteiger partial charge is 0.479 e. The van der Waals surface area contributed by atoms with Crippen molar-refractivity contribution in [3.8, 4) is 5.88 Å². The Morgan fingerprint density at radius 3 is 2.38 bits per heavy atom. The maximum absolute atomic E-state index is 9.71. The van der Waals surface area contributed by atoms with Crippen molar-refractivity contribution >= 4 is 40.5 Å². The molecule has 1 aliphatic rings. The Labute approximate surface area is 180 Å². The number of anilines is 1. The van der Waals surface area contributed by atoms with E-state index in [1.54, 1.807) is 13.2 Å². The van der Waals surface area contributed by atoms with Gasteiger partial charge in [-0.2, -0.15) is 0 Å². The molecule has 0 atom stereocenters. The predicted molar refractivity (Wildman–Crippen MR) is 117 cm³/mol. The van der Waals surface area contributed by atoms with Gasteiger partial charge >= 0.3 is 0 Å². The van der Waals surface area contributed by atoms with Crippen molar-refractivity contribution in [2.24, 2.45) is 4.99 Å². The van der Waals surface area contributed by atoms with Crippen LogP contribution in [0, 0.1) is 6.92 Å². The molecule has 1 aromatic carbocycles. The molecule has 0 aliphatic carbocycles. The van der Waals surface area contributed by atoms with Crippen LogP contribution in [0.25, 0.3) is 0 Å². The van der Waals surface area contributed by atoms with E-state index in [1.807, 2.05) is 30.0 Å². The van der Waals surface area contributed by atoms with Crippen LogP contribution in [0.1, 0.15) is 18.2 Å². The van der Waals surface area contributed by atoms with Gasteiger partial charge in [0.25, 0.3) is 0 Å². The third kappa shape index (κ3) is 5.04. The van der Waals surface area contributed by atoms with Crippen molar-refractivity contribution in [2.45, 2.75) is 20.3 Å². The molecule has 1 fully saturated rings. The summed E-state index contributed by atoms with van der Waals surface area (Å²) < 4.78 is 5.38. The summed E-state index contributed by atoms with van der Waals surface area (Å²) in [6.07, 6.45) is 0.841. The first-order valence-electron chi connectivity index (χ1n) is 9.44. The molecule has 7 nitrogen and oxygen atoms in total. The standard InChI is InChI=1S/C20H25Cl2N5O2/c1-4-14-9-18(19(29-3)23-13(14)2)24-20(25-28)27-7-5-26(6-8-27)17-11-15(21)10-16(22)12-17/h9-12,28H,4-8H2,1-3H3,(H,24,25). The number of ether oxygens (including phenoxy) is 1. The molecule has 1 aliphatic heterocycles. The van der Waals surface area contributed by atoms with E-state index < -0.39 is 0 Å². The number of nitrogens with one attached hydrogen (secondary N) is 1. The zero-order chi connectivity index (χ0) is 21.0. The summed E-state index contributed by atoms with van der Waals surface area (Å²) in [5.74, 6) is 0.791. The molecule has 0 radical (unpaired) electrons. The molecule has 1 saturated heterocycles. The zero-order valence-corrected chi connectivity index (χ0v) is 18.3. The molecule has 2 N–H and O–H groups in total. The third-order valence-electron chi connectivity index (χ3n) is 4.96. The number of halogens is 2. The molecule has 156 valence electrons. The van der Waals surface area contributed by atoms with E-state index in [0.29, 0.717) is 40.7 Å². The van der Waals surface area contributed by atoms with Gasteiger partial charge < -0.3 is 14.5 Å². The number of hydrogen-bond acceptors (Lipinski definition) is 5. The number of pyridine rings is 1. The van der Waals surface area contributed by atoms with E-state index in [0.717, 1.165) is 36.5 Å². The van der Waals surface area contributed by atoms with E-state index in [9.17, 15) is 5.21 Å². The van der Waals surface area contributed by atoms with Crippen LogP contribution >= 0.6 is 23.2 Å². The SMILES string of the molecule is CCc1cc(N=C(NO)N2CCN(c3cc(Cl)cc(Cl)c3)CC2)c(OC)nc1C. The quantitative estimate of drug-likeness (QED) is 0.426. The molecule has 29 heavy (non-hydrogen) atoms. The van der Waals surface area contributed by atoms with Crippen molar-refractivity contribution < 1.29 is 9.94 Å². The Morgan fingerprint density at radius 2 is 1.83 bits per heavy atom. The molecule has 3 rings (SSSR count). The van der Waals surface area contributed by atoms with Crippen LogP contribution in [0.3, 0.4) is 0 Å². The monoisotopic (exact) mass is 437 g/mol. The second-order valence-electron chi connectivity index (χ2n) is 6.76. The highest BCUT2D eigenvalue weighted by Crippen LogP contribution is 2.29. The second kappa shape index (κ2) is 9.52. The van der Waals surface area contributed by atoms with Crippen LogP contribution in [0.5, 0.6) is 5.88 Å². The van der Waals surface area contributed by atoms with Gasteiger partial charge in [0.15, 0.2) is 0 Å². The van der Waals surface area contributed by atoms with Gasteiger partial charge in [0.2, 0.25) is 11.8 Å². The zero-order valence-electron chi connectivity index (χ0n) is 16.7. The normalized spacial score (nSPS) is 14.9. The summed E-state index contributed by atoms with van der Waals surface area (Å²) >= 11 is 12.2. The topological polar surface area (TPSA) is 73.2 Å². The molecule has 0 bridgehead atoms. The lowest BCUT2D eigenvalue weighted by atomic mass is 10.1. The fraction of sp³-hybridized carbons (Fsp3) is 0.400. The second-order valence-corrected chi connectivity index (χ2v) is 7.64. The fourth-order valence-electron chi connectivity index (χ4n) is 3.38. The third-order valence-corrected chi connectivity index (χ3v) is 5.39. The molecule has 1 aromatic heterocycles. The van der Waals surface area contributed by atoms with Crippen molar-refractivity contribution in [3.05, 3.63) is 45.6 Å². The van der Waals surface area contributed by atoms with Gasteiger partial charge in [0, 0.05) is 47.6 Å². The first-order chi connectivity index (χ1) is 13.9. The van der Waals surface area contributed by atoms with Crippen LogP contribution in [0.4, 0.5) is 11.4 Å². The highest BCUT2D eigenvalue weighted by molar-refractivity contribution is 6.35. The van der Waals surface area contributed by atoms with Gasteiger partial charge in [-0.3, -0.25) is 5.21 Å². The van der Waals surface area contributed by atoms with E-state index >= 15 is 0 Å². The average molecular weight is 438 g/mol. The Bertz CT molecular complexity index is 878. The summed E-state index contributed by atoms with van der Waals surface area (Å²) in [4.78, 5) is 13.2. The van der Waals surface area contributed by atoms with Crippen LogP contribution in [0.2, 0.25) is 10.0 Å². The lowest BCUT2D eigenvalue weighted by molar-refractivity contribution is 0.207. The van der Waals surface area contributed by atoms with Crippen molar-refractivity contribution in [1.82, 2.24) is 15.4 Å². The first-order valence-corrected chi connectivity index (χ1v) is 10.2. The number of piperazine rings is 1. The molecular formula is C20H25Cl2N5O2. The van der Waals surface area contributed by atoms with Gasteiger partial charge in [0.05, 0.1) is 7.11 Å². The number of nitrogens with zero attached hydrogens (tertiary/aromatic N) is 4. The summed E-state index contributed by atoms with van der Waals surface area (Å²) in [5.41, 5.74) is 5.79. The van der Waals surface area contributed by atoms with Gasteiger partial charge in [-0.05, 0) is 43.2 Å². The molecule has 0 spiro atoms. The van der Waals surface area contributed by atoms with Gasteiger partial charge in [0.1, 0.15) is 5.69 Å². The van der Waals surface area contributed by atoms with E-state index in [4.69, 9.17) is 27.9 Å². The summed E-state index contributed by atoms with van der Waals surface area (Å²) in [6.45, 7) is 6.82. The Balaban J connectivity index is 1.78. The highest BCUT2D eigenvalue weighted by atomic mass is 35.5. The van der Waals surface area contributed by atoms with E-state index in [2.05, 4.69) is 27.3 Å². The number of aryl methyl sites for hydroxylation is 2. The number of guanidine groups is 1. The van der Waals surface area contributed by atoms with Gasteiger partial charge in [-0.1, -0.05) is 30.1 Å². The minimum absolute atomic E-state index is 0.361. The number of benzene rings is 1. The average Bonchev–Trinajstić information content (AvgIpc) is 2.72. The highest BCUT2D eigenvalue weighted by Gasteiger charge is 2.21. The Kier molecular flexibility index (Phi) is 7.05. The van der Waals surface area contributed by atoms with Gasteiger partial charge in [-0.25, -0.2) is 15.5 Å². The van der Waals surface area contributed by atoms with Crippen molar-refractivity contribution in [1.29, 1.82) is 0 Å². The summed E-state index contributed by atoms with van der Waals surface area (Å²) in [6, 6.07) is 7.47. The Morgan fingerprint density at radius 1 is 1.17 bits per heavy atom. The van der Waals surface area contributed by atoms with Gasteiger partial charge in [-0.15, -0.1) is 0 Å². The predicted octanol–water partition coefficient (Wildman–Crippen LogP) is 4.06. The lowest BCUT2D eigenvalue weighted by Gasteiger charge is -2.37. The number of aliphatic imine (C=N–C) groups is 1. The van der Waals surface area contributed by atoms with E-state index in [1.165, 1.54) is 0 Å². The molecule has 0 amide bonds. The number of methoxy groups -OCH3 is 1. The summed E-state index contributed by atoms with van der Waals surface area (Å²) in [5, 5.41) is 10.9. The minimum atomic E-state index is 0.361. The lowest BCUT2D eigenvalue weighted by Crippen LogP contribution is -2.52. The molecule has 2 aromatic rings. The molecule has 0 saturated carbocycles. The fourth-order valence-corrected chi connectivity index (χ4v) is 3.89. The van der Waals surface area contributed by atoms with Crippen LogP contribution in [0.15, 0.2) is 29.3 Å². The summed E-state index contributed by atoms with van der Waals surface area (Å²) in [7, 11) is 1.56. The smallest absolute Gasteiger partial charge is 0.240 e. The maximum atomic E-state index is 9.71. The molecular weight excluding hydrogens is 413 g/mol. The van der Waals surface area contributed by atoms with Crippen molar-refractivity contribution in [2.75, 3.05) is 38.2 Å². The van der Waals surface area contributed by atoms with E-state index in [-0.39, 0.29) is 0 Å². The van der Waals surface area contributed by atoms with Crippen LogP contribution < -0.4 is 15.1 Å². The van der Waals surface area contributed by atoms with Crippen LogP contribution in [-0.2, 0) is 6.42 Å². The first kappa shape index (κ1) is 21.5. The molecule has 2 heterocycles. The molecule has 0 unspecified atom stereocenters. The molecule has 9 heteroatoms. The number of hydroxylamine groups is 1.